The van der Waals surface area contributed by atoms with E-state index < -0.39 is 0 Å². The molecule has 0 N–H and O–H groups in total. The van der Waals surface area contributed by atoms with Crippen LogP contribution in [0, 0.1) is 11.8 Å². The summed E-state index contributed by atoms with van der Waals surface area (Å²) in [4.78, 5) is 31.3. The fourth-order valence-electron chi connectivity index (χ4n) is 4.66. The number of rotatable bonds is 3. The Morgan fingerprint density at radius 2 is 1.48 bits per heavy atom. The number of piperazine rings is 1. The van der Waals surface area contributed by atoms with Crippen LogP contribution >= 0.6 is 0 Å². The Morgan fingerprint density at radius 1 is 0.880 bits per heavy atom. The van der Waals surface area contributed by atoms with Crippen LogP contribution in [0.25, 0.3) is 0 Å². The first-order valence-corrected chi connectivity index (χ1v) is 9.96. The van der Waals surface area contributed by atoms with E-state index in [-0.39, 0.29) is 12.1 Å². The highest BCUT2D eigenvalue weighted by molar-refractivity contribution is 5.82. The van der Waals surface area contributed by atoms with E-state index >= 15 is 0 Å². The number of hydrogen-bond donors (Lipinski definition) is 0. The SMILES string of the molecule is COC(=O)N1CCN(C(C(=O)N2CCC(C)CC2)C2CCCC2)CC1. The van der Waals surface area contributed by atoms with Crippen LogP contribution < -0.4 is 0 Å². The largest absolute Gasteiger partial charge is 0.453 e. The van der Waals surface area contributed by atoms with Crippen molar-refractivity contribution in [1.82, 2.24) is 14.7 Å². The van der Waals surface area contributed by atoms with Crippen molar-refractivity contribution in [1.29, 1.82) is 0 Å². The number of hydrogen-bond acceptors (Lipinski definition) is 4. The van der Waals surface area contributed by atoms with E-state index in [0.29, 0.717) is 24.9 Å². The third-order valence-electron chi connectivity index (χ3n) is 6.34. The molecule has 3 aliphatic rings. The molecule has 0 bridgehead atoms. The lowest BCUT2D eigenvalue weighted by Gasteiger charge is -2.43. The van der Waals surface area contributed by atoms with Gasteiger partial charge in [0.15, 0.2) is 0 Å². The summed E-state index contributed by atoms with van der Waals surface area (Å²) in [6.07, 6.45) is 6.81. The van der Waals surface area contributed by atoms with Crippen LogP contribution in [0.4, 0.5) is 4.79 Å². The van der Waals surface area contributed by atoms with Crippen molar-refractivity contribution in [3.05, 3.63) is 0 Å². The first kappa shape index (κ1) is 18.5. The molecule has 1 unspecified atom stereocenters. The summed E-state index contributed by atoms with van der Waals surface area (Å²) in [5.41, 5.74) is 0. The van der Waals surface area contributed by atoms with Gasteiger partial charge in [-0.05, 0) is 37.5 Å². The van der Waals surface area contributed by atoms with Gasteiger partial charge in [-0.15, -0.1) is 0 Å². The maximum Gasteiger partial charge on any atom is 0.409 e. The molecule has 0 spiro atoms. The molecule has 25 heavy (non-hydrogen) atoms. The topological polar surface area (TPSA) is 53.1 Å². The van der Waals surface area contributed by atoms with Crippen LogP contribution in [0.3, 0.4) is 0 Å². The van der Waals surface area contributed by atoms with E-state index in [0.717, 1.165) is 57.8 Å². The molecule has 3 fully saturated rings. The van der Waals surface area contributed by atoms with Gasteiger partial charge < -0.3 is 14.5 Å². The predicted octanol–water partition coefficient (Wildman–Crippen LogP) is 2.19. The second-order valence-corrected chi connectivity index (χ2v) is 7.99. The number of ether oxygens (including phenoxy) is 1. The molecule has 0 radical (unpaired) electrons. The lowest BCUT2D eigenvalue weighted by Crippen LogP contribution is -2.59. The van der Waals surface area contributed by atoms with Crippen molar-refractivity contribution in [2.24, 2.45) is 11.8 Å². The van der Waals surface area contributed by atoms with Crippen molar-refractivity contribution in [2.45, 2.75) is 51.5 Å². The van der Waals surface area contributed by atoms with Gasteiger partial charge in [0, 0.05) is 39.3 Å². The van der Waals surface area contributed by atoms with Crippen molar-refractivity contribution < 1.29 is 14.3 Å². The highest BCUT2D eigenvalue weighted by Crippen LogP contribution is 2.32. The van der Waals surface area contributed by atoms with Crippen molar-refractivity contribution in [3.8, 4) is 0 Å². The number of nitrogens with zero attached hydrogens (tertiary/aromatic N) is 3. The number of carbonyl (C=O) groups is 2. The number of carbonyl (C=O) groups excluding carboxylic acids is 2. The van der Waals surface area contributed by atoms with E-state index in [1.807, 2.05) is 0 Å². The molecule has 0 aromatic carbocycles. The van der Waals surface area contributed by atoms with Crippen LogP contribution in [0.2, 0.25) is 0 Å². The summed E-state index contributed by atoms with van der Waals surface area (Å²) in [5.74, 6) is 1.56. The molecule has 3 rings (SSSR count). The number of amides is 2. The highest BCUT2D eigenvalue weighted by Gasteiger charge is 2.39. The predicted molar refractivity (Wildman–Crippen MR) is 96.3 cm³/mol. The molecule has 0 aromatic heterocycles. The number of piperidine rings is 1. The molecular formula is C19H33N3O3. The average Bonchev–Trinajstić information content (AvgIpc) is 3.16. The molecule has 2 amide bonds. The van der Waals surface area contributed by atoms with Gasteiger partial charge >= 0.3 is 6.09 Å². The zero-order valence-electron chi connectivity index (χ0n) is 15.8. The van der Waals surface area contributed by atoms with Crippen LogP contribution in [0.1, 0.15) is 45.4 Å². The molecule has 1 aliphatic carbocycles. The molecular weight excluding hydrogens is 318 g/mol. The summed E-state index contributed by atoms with van der Waals surface area (Å²) in [5, 5.41) is 0. The van der Waals surface area contributed by atoms with Gasteiger partial charge in [0.25, 0.3) is 0 Å². The van der Waals surface area contributed by atoms with E-state index in [4.69, 9.17) is 4.74 Å². The first-order valence-electron chi connectivity index (χ1n) is 9.96. The third kappa shape index (κ3) is 4.27. The standard InChI is InChI=1S/C19H33N3O3/c1-15-7-9-21(10-8-15)18(23)17(16-5-3-4-6-16)20-11-13-22(14-12-20)19(24)25-2/h15-17H,3-14H2,1-2H3. The Bertz CT molecular complexity index is 463. The van der Waals surface area contributed by atoms with Gasteiger partial charge in [0.05, 0.1) is 13.2 Å². The van der Waals surface area contributed by atoms with E-state index in [1.54, 1.807) is 4.90 Å². The van der Waals surface area contributed by atoms with E-state index in [9.17, 15) is 9.59 Å². The monoisotopic (exact) mass is 351 g/mol. The van der Waals surface area contributed by atoms with Gasteiger partial charge in [-0.1, -0.05) is 19.8 Å². The second kappa shape index (κ2) is 8.39. The minimum atomic E-state index is -0.256. The smallest absolute Gasteiger partial charge is 0.409 e. The third-order valence-corrected chi connectivity index (χ3v) is 6.34. The molecule has 142 valence electrons. The summed E-state index contributed by atoms with van der Waals surface area (Å²) in [6.45, 7) is 6.94. The molecule has 1 saturated carbocycles. The lowest BCUT2D eigenvalue weighted by atomic mass is 9.92. The van der Waals surface area contributed by atoms with E-state index in [2.05, 4.69) is 16.7 Å². The minimum Gasteiger partial charge on any atom is -0.453 e. The van der Waals surface area contributed by atoms with Crippen LogP contribution in [-0.4, -0.2) is 79.1 Å². The Balaban J connectivity index is 1.66. The zero-order valence-corrected chi connectivity index (χ0v) is 15.8. The summed E-state index contributed by atoms with van der Waals surface area (Å²) in [6, 6.07) is 0.00991. The van der Waals surface area contributed by atoms with E-state index in [1.165, 1.54) is 20.0 Å². The molecule has 2 saturated heterocycles. The summed E-state index contributed by atoms with van der Waals surface area (Å²) >= 11 is 0. The Kier molecular flexibility index (Phi) is 6.20. The zero-order chi connectivity index (χ0) is 17.8. The molecule has 6 nitrogen and oxygen atoms in total. The molecule has 1 atom stereocenters. The maximum atomic E-state index is 13.3. The lowest BCUT2D eigenvalue weighted by molar-refractivity contribution is -0.141. The van der Waals surface area contributed by atoms with Crippen molar-refractivity contribution in [2.75, 3.05) is 46.4 Å². The van der Waals surface area contributed by atoms with Gasteiger partial charge in [-0.3, -0.25) is 9.69 Å². The Morgan fingerprint density at radius 3 is 2.04 bits per heavy atom. The summed E-state index contributed by atoms with van der Waals surface area (Å²) in [7, 11) is 1.43. The number of methoxy groups -OCH3 is 1. The Labute approximate surface area is 151 Å². The summed E-state index contributed by atoms with van der Waals surface area (Å²) < 4.78 is 4.83. The second-order valence-electron chi connectivity index (χ2n) is 7.99. The normalized spacial score (nSPS) is 25.2. The van der Waals surface area contributed by atoms with Gasteiger partial charge in [-0.2, -0.15) is 0 Å². The fraction of sp³-hybridized carbons (Fsp3) is 0.895. The van der Waals surface area contributed by atoms with Crippen LogP contribution in [0.5, 0.6) is 0 Å². The van der Waals surface area contributed by atoms with Crippen molar-refractivity contribution >= 4 is 12.0 Å². The average molecular weight is 351 g/mol. The minimum absolute atomic E-state index is 0.00991. The molecule has 2 aliphatic heterocycles. The van der Waals surface area contributed by atoms with Gasteiger partial charge in [-0.25, -0.2) is 4.79 Å². The maximum absolute atomic E-state index is 13.3. The van der Waals surface area contributed by atoms with Gasteiger partial charge in [0.1, 0.15) is 0 Å². The van der Waals surface area contributed by atoms with Crippen LogP contribution in [-0.2, 0) is 9.53 Å². The molecule has 6 heteroatoms. The first-order chi connectivity index (χ1) is 12.1. The highest BCUT2D eigenvalue weighted by atomic mass is 16.5. The van der Waals surface area contributed by atoms with Gasteiger partial charge in [0.2, 0.25) is 5.91 Å². The van der Waals surface area contributed by atoms with Crippen molar-refractivity contribution in [3.63, 3.8) is 0 Å². The molecule has 2 heterocycles. The van der Waals surface area contributed by atoms with Crippen LogP contribution in [0.15, 0.2) is 0 Å². The molecule has 0 aromatic rings. The number of likely N-dealkylation sites (tertiary alicyclic amines) is 1. The fourth-order valence-corrected chi connectivity index (χ4v) is 4.66. The Hall–Kier alpha value is -1.30. The quantitative estimate of drug-likeness (QED) is 0.782.